The summed E-state index contributed by atoms with van der Waals surface area (Å²) in [6.07, 6.45) is 1.32. The molecule has 1 N–H and O–H groups in total. The van der Waals surface area contributed by atoms with E-state index in [0.717, 1.165) is 30.0 Å². The molecule has 0 saturated carbocycles. The topological polar surface area (TPSA) is 53.0 Å². The van der Waals surface area contributed by atoms with Gasteiger partial charge in [0.05, 0.1) is 23.1 Å². The summed E-state index contributed by atoms with van der Waals surface area (Å²) < 4.78 is 5.67. The Hall–Kier alpha value is -2.11. The number of ether oxygens (including phenoxy) is 1. The van der Waals surface area contributed by atoms with Crippen LogP contribution in [-0.4, -0.2) is 36.9 Å². The molecule has 3 aliphatic rings. The number of carbonyl (C=O) groups excluding carboxylic acids is 1. The van der Waals surface area contributed by atoms with E-state index < -0.39 is 6.29 Å². The Morgan fingerprint density at radius 2 is 2.05 bits per heavy atom. The summed E-state index contributed by atoms with van der Waals surface area (Å²) in [5.74, 6) is 0.887. The fourth-order valence-electron chi connectivity index (χ4n) is 3.55. The van der Waals surface area contributed by atoms with Crippen molar-refractivity contribution in [2.75, 3.05) is 23.4 Å². The molecule has 0 saturated heterocycles. The van der Waals surface area contributed by atoms with Gasteiger partial charge in [-0.2, -0.15) is 0 Å². The molecule has 2 unspecified atom stereocenters. The molecule has 0 spiro atoms. The van der Waals surface area contributed by atoms with Gasteiger partial charge in [-0.25, -0.2) is 0 Å². The fourth-order valence-corrected chi connectivity index (χ4v) is 3.55. The molecule has 0 aromatic heterocycles. The van der Waals surface area contributed by atoms with Gasteiger partial charge in [0.2, 0.25) is 0 Å². The second kappa shape index (κ2) is 4.69. The second-order valence-corrected chi connectivity index (χ2v) is 5.90. The molecule has 22 heavy (non-hydrogen) atoms. The van der Waals surface area contributed by atoms with Crippen LogP contribution in [0.15, 0.2) is 47.3 Å². The third-order valence-corrected chi connectivity index (χ3v) is 4.60. The molecule has 3 heterocycles. The Bertz CT molecular complexity index is 722. The number of hydrogen-bond acceptors (Lipinski definition) is 5. The van der Waals surface area contributed by atoms with Gasteiger partial charge in [-0.15, -0.1) is 0 Å². The molecule has 4 rings (SSSR count). The van der Waals surface area contributed by atoms with Gasteiger partial charge in [0.1, 0.15) is 5.82 Å². The molecule has 0 radical (unpaired) electrons. The van der Waals surface area contributed by atoms with E-state index in [1.165, 1.54) is 12.6 Å². The van der Waals surface area contributed by atoms with Crippen molar-refractivity contribution in [2.24, 2.45) is 0 Å². The van der Waals surface area contributed by atoms with Gasteiger partial charge in [-0.3, -0.25) is 4.79 Å². The molecule has 0 aliphatic carbocycles. The minimum Gasteiger partial charge on any atom is -0.364 e. The summed E-state index contributed by atoms with van der Waals surface area (Å²) in [5.41, 5.74) is 3.62. The van der Waals surface area contributed by atoms with Crippen molar-refractivity contribution in [3.05, 3.63) is 47.3 Å². The average molecular weight is 298 g/mol. The van der Waals surface area contributed by atoms with E-state index in [4.69, 9.17) is 4.74 Å². The van der Waals surface area contributed by atoms with Crippen molar-refractivity contribution in [3.63, 3.8) is 0 Å². The van der Waals surface area contributed by atoms with Gasteiger partial charge in [-0.1, -0.05) is 12.1 Å². The predicted molar refractivity (Wildman–Crippen MR) is 83.5 cm³/mol. The Balaban J connectivity index is 1.90. The van der Waals surface area contributed by atoms with Crippen LogP contribution in [0.4, 0.5) is 11.4 Å². The smallest absolute Gasteiger partial charge is 0.185 e. The lowest BCUT2D eigenvalue weighted by molar-refractivity contribution is -0.129. The monoisotopic (exact) mass is 298 g/mol. The zero-order valence-electron chi connectivity index (χ0n) is 12.6. The first kappa shape index (κ1) is 13.5. The Kier molecular flexibility index (Phi) is 2.89. The van der Waals surface area contributed by atoms with Gasteiger partial charge in [0.25, 0.3) is 0 Å². The Morgan fingerprint density at radius 3 is 2.77 bits per heavy atom. The Labute approximate surface area is 129 Å². The highest BCUT2D eigenvalue weighted by Crippen LogP contribution is 2.46. The van der Waals surface area contributed by atoms with E-state index in [2.05, 4.69) is 21.9 Å². The first-order chi connectivity index (χ1) is 10.6. The van der Waals surface area contributed by atoms with Crippen LogP contribution in [0, 0.1) is 0 Å². The molecule has 2 atom stereocenters. The lowest BCUT2D eigenvalue weighted by Crippen LogP contribution is -2.42. The number of rotatable bonds is 1. The second-order valence-electron chi connectivity index (χ2n) is 5.90. The number of Topliss-reactive ketones (excluding diaryl/α,β-unsaturated/α-hetero) is 1. The van der Waals surface area contributed by atoms with Gasteiger partial charge in [-0.05, 0) is 31.6 Å². The third kappa shape index (κ3) is 1.76. The summed E-state index contributed by atoms with van der Waals surface area (Å²) in [5, 5.41) is 10.00. The maximum atomic E-state index is 11.7. The highest BCUT2D eigenvalue weighted by atomic mass is 16.6. The summed E-state index contributed by atoms with van der Waals surface area (Å²) in [7, 11) is 2.02. The largest absolute Gasteiger partial charge is 0.364 e. The van der Waals surface area contributed by atoms with Crippen molar-refractivity contribution in [3.8, 4) is 0 Å². The highest BCUT2D eigenvalue weighted by Gasteiger charge is 2.40. The third-order valence-electron chi connectivity index (χ3n) is 4.60. The van der Waals surface area contributed by atoms with E-state index in [9.17, 15) is 9.90 Å². The van der Waals surface area contributed by atoms with Crippen molar-refractivity contribution in [1.29, 1.82) is 0 Å². The molecular weight excluding hydrogens is 280 g/mol. The minimum atomic E-state index is -1.12. The highest BCUT2D eigenvalue weighted by molar-refractivity contribution is 5.95. The maximum absolute atomic E-state index is 11.7. The first-order valence-corrected chi connectivity index (χ1v) is 7.48. The van der Waals surface area contributed by atoms with Crippen molar-refractivity contribution in [1.82, 2.24) is 0 Å². The van der Waals surface area contributed by atoms with Crippen LogP contribution in [-0.2, 0) is 9.53 Å². The lowest BCUT2D eigenvalue weighted by Gasteiger charge is -2.38. The number of fused-ring (bicyclic) bond motifs is 4. The quantitative estimate of drug-likeness (QED) is 0.856. The van der Waals surface area contributed by atoms with Gasteiger partial charge < -0.3 is 19.6 Å². The number of benzene rings is 1. The molecule has 114 valence electrons. The van der Waals surface area contributed by atoms with Crippen LogP contribution in [0.25, 0.3) is 0 Å². The van der Waals surface area contributed by atoms with Crippen molar-refractivity contribution >= 4 is 17.2 Å². The summed E-state index contributed by atoms with van der Waals surface area (Å²) in [6, 6.07) is 8.25. The van der Waals surface area contributed by atoms with Gasteiger partial charge >= 0.3 is 0 Å². The number of carbonyl (C=O) groups is 1. The first-order valence-electron chi connectivity index (χ1n) is 7.48. The van der Waals surface area contributed by atoms with Crippen LogP contribution in [0.2, 0.25) is 0 Å². The molecule has 0 fully saturated rings. The molecule has 0 bridgehead atoms. The van der Waals surface area contributed by atoms with Crippen LogP contribution in [0.1, 0.15) is 13.3 Å². The van der Waals surface area contributed by atoms with Crippen LogP contribution in [0.5, 0.6) is 0 Å². The normalized spacial score (nSPS) is 26.4. The predicted octanol–water partition coefficient (Wildman–Crippen LogP) is 1.79. The number of ketones is 1. The number of anilines is 2. The van der Waals surface area contributed by atoms with Crippen molar-refractivity contribution in [2.45, 2.75) is 25.7 Å². The number of nitrogens with zero attached hydrogens (tertiary/aromatic N) is 2. The van der Waals surface area contributed by atoms with Crippen molar-refractivity contribution < 1.29 is 14.6 Å². The number of aliphatic hydroxyl groups excluding tert-OH is 1. The van der Waals surface area contributed by atoms with E-state index in [1.807, 2.05) is 25.3 Å². The zero-order valence-corrected chi connectivity index (χ0v) is 12.6. The molecule has 5 heteroatoms. The molecule has 0 amide bonds. The van der Waals surface area contributed by atoms with E-state index >= 15 is 0 Å². The zero-order chi connectivity index (χ0) is 15.4. The number of hydrogen-bond donors (Lipinski definition) is 1. The fraction of sp³-hybridized carbons (Fsp3) is 0.353. The number of para-hydroxylation sites is 2. The molecule has 5 nitrogen and oxygen atoms in total. The molecule has 1 aromatic rings. The van der Waals surface area contributed by atoms with Gasteiger partial charge in [0, 0.05) is 19.2 Å². The molecule has 1 aromatic carbocycles. The SMILES string of the molecule is CC(=O)C1=CC2=C3N(C)c4ccccc4N3CCC2OC1O. The lowest BCUT2D eigenvalue weighted by atomic mass is 9.95. The van der Waals surface area contributed by atoms with E-state index in [1.54, 1.807) is 0 Å². The average Bonchev–Trinajstić information content (AvgIpc) is 2.80. The minimum absolute atomic E-state index is 0.158. The standard InChI is InChI=1S/C17H18N2O3/c1-10(20)11-9-12-15(22-17(11)21)7-8-19-14-6-4-3-5-13(14)18(2)16(12)19/h3-6,9,15,17,21H,7-8H2,1-2H3. The maximum Gasteiger partial charge on any atom is 0.185 e. The molecule has 3 aliphatic heterocycles. The van der Waals surface area contributed by atoms with E-state index in [-0.39, 0.29) is 11.9 Å². The summed E-state index contributed by atoms with van der Waals surface area (Å²) in [4.78, 5) is 16.1. The Morgan fingerprint density at radius 1 is 1.32 bits per heavy atom. The summed E-state index contributed by atoms with van der Waals surface area (Å²) in [6.45, 7) is 2.29. The van der Waals surface area contributed by atoms with Crippen LogP contribution >= 0.6 is 0 Å². The summed E-state index contributed by atoms with van der Waals surface area (Å²) >= 11 is 0. The van der Waals surface area contributed by atoms with Crippen LogP contribution < -0.4 is 9.80 Å². The molecular formula is C17H18N2O3. The van der Waals surface area contributed by atoms with Gasteiger partial charge in [0.15, 0.2) is 12.1 Å². The number of aliphatic hydroxyl groups is 1. The van der Waals surface area contributed by atoms with Crippen LogP contribution in [0.3, 0.4) is 0 Å². The van der Waals surface area contributed by atoms with E-state index in [0.29, 0.717) is 5.57 Å².